The number of hydrogen-bond donors (Lipinski definition) is 3. The highest BCUT2D eigenvalue weighted by atomic mass is 35.5. The van der Waals surface area contributed by atoms with Gasteiger partial charge in [-0.15, -0.1) is 12.4 Å². The predicted molar refractivity (Wildman–Crippen MR) is 103 cm³/mol. The van der Waals surface area contributed by atoms with Crippen LogP contribution >= 0.6 is 12.4 Å². The number of carbonyl (C=O) groups excluding carboxylic acids is 1. The average Bonchev–Trinajstić information content (AvgIpc) is 2.64. The molecule has 2 aromatic rings. The first-order chi connectivity index (χ1) is 12.1. The molecular weight excluding hydrogens is 358 g/mol. The highest BCUT2D eigenvalue weighted by molar-refractivity contribution is 5.85. The van der Waals surface area contributed by atoms with Gasteiger partial charge in [0, 0.05) is 45.7 Å². The largest absolute Gasteiger partial charge is 0.355 e. The highest BCUT2D eigenvalue weighted by Crippen LogP contribution is 2.02. The van der Waals surface area contributed by atoms with E-state index in [2.05, 4.69) is 20.6 Å². The number of amides is 1. The molecule has 8 nitrogen and oxygen atoms in total. The number of benzene rings is 1. The minimum absolute atomic E-state index is 0. The van der Waals surface area contributed by atoms with Crippen molar-refractivity contribution in [3.63, 3.8) is 0 Å². The highest BCUT2D eigenvalue weighted by Gasteiger charge is 2.10. The van der Waals surface area contributed by atoms with Gasteiger partial charge in [0.1, 0.15) is 0 Å². The Morgan fingerprint density at radius 3 is 2.50 bits per heavy atom. The Morgan fingerprint density at radius 2 is 1.77 bits per heavy atom. The van der Waals surface area contributed by atoms with Crippen molar-refractivity contribution >= 4 is 29.1 Å². The lowest BCUT2D eigenvalue weighted by Crippen LogP contribution is -2.46. The Kier molecular flexibility index (Phi) is 7.38. The fourth-order valence-corrected chi connectivity index (χ4v) is 2.99. The van der Waals surface area contributed by atoms with Gasteiger partial charge in [-0.1, -0.05) is 12.1 Å². The molecule has 1 aliphatic heterocycles. The van der Waals surface area contributed by atoms with Crippen LogP contribution in [0.25, 0.3) is 10.8 Å². The number of fused-ring (bicyclic) bond motifs is 1. The number of nitrogens with one attached hydrogen (secondary N) is 3. The van der Waals surface area contributed by atoms with Crippen molar-refractivity contribution in [2.75, 3.05) is 39.3 Å². The van der Waals surface area contributed by atoms with Crippen LogP contribution in [0, 0.1) is 0 Å². The number of nitrogens with zero attached hydrogens (tertiary/aromatic N) is 2. The standard InChI is InChI=1S/C17H23N5O3.ClH/c23-15(19-8-12-21-10-6-18-7-11-21)5-9-22-17(25)14-4-2-1-3-13(14)16(24)20-22;/h1-4,18H,5-12H2,(H,19,23)(H,20,24);1H. The quantitative estimate of drug-likeness (QED) is 0.628. The molecule has 0 unspecified atom stereocenters. The number of piperazine rings is 1. The topological polar surface area (TPSA) is 99.2 Å². The molecule has 3 N–H and O–H groups in total. The molecular formula is C17H24ClN5O3. The van der Waals surface area contributed by atoms with Crippen LogP contribution in [0.4, 0.5) is 0 Å². The maximum atomic E-state index is 12.4. The molecule has 1 amide bonds. The SMILES string of the molecule is Cl.O=C(CCn1[nH]c(=O)c2ccccc2c1=O)NCCN1CCNCC1. The van der Waals surface area contributed by atoms with Crippen LogP contribution in [-0.4, -0.2) is 59.9 Å². The number of aryl methyl sites for hydroxylation is 1. The Hall–Kier alpha value is -2.16. The molecule has 142 valence electrons. The smallest absolute Gasteiger partial charge is 0.273 e. The van der Waals surface area contributed by atoms with Crippen LogP contribution in [0.2, 0.25) is 0 Å². The molecule has 0 atom stereocenters. The summed E-state index contributed by atoms with van der Waals surface area (Å²) < 4.78 is 1.21. The van der Waals surface area contributed by atoms with Gasteiger partial charge in [0.2, 0.25) is 5.91 Å². The molecule has 1 fully saturated rings. The molecule has 0 saturated carbocycles. The van der Waals surface area contributed by atoms with Crippen LogP contribution in [0.5, 0.6) is 0 Å². The second kappa shape index (κ2) is 9.51. The Bertz CT molecular complexity index is 857. The zero-order valence-corrected chi connectivity index (χ0v) is 15.3. The summed E-state index contributed by atoms with van der Waals surface area (Å²) in [7, 11) is 0. The van der Waals surface area contributed by atoms with Gasteiger partial charge in [0.05, 0.1) is 17.3 Å². The van der Waals surface area contributed by atoms with Gasteiger partial charge < -0.3 is 10.6 Å². The Labute approximate surface area is 157 Å². The summed E-state index contributed by atoms with van der Waals surface area (Å²) in [4.78, 5) is 38.6. The molecule has 2 heterocycles. The summed E-state index contributed by atoms with van der Waals surface area (Å²) in [5.74, 6) is -0.129. The van der Waals surface area contributed by atoms with Crippen molar-refractivity contribution in [2.45, 2.75) is 13.0 Å². The number of halogens is 1. The lowest BCUT2D eigenvalue weighted by atomic mass is 10.2. The summed E-state index contributed by atoms with van der Waals surface area (Å²) in [6.07, 6.45) is 0.149. The number of aromatic amines is 1. The molecule has 3 rings (SSSR count). The summed E-state index contributed by atoms with van der Waals surface area (Å²) in [6.45, 7) is 5.49. The molecule has 0 aliphatic carbocycles. The number of H-pyrrole nitrogens is 1. The molecule has 0 spiro atoms. The van der Waals surface area contributed by atoms with Gasteiger partial charge in [0.15, 0.2) is 0 Å². The first kappa shape index (κ1) is 20.2. The van der Waals surface area contributed by atoms with Crippen LogP contribution in [0.15, 0.2) is 33.9 Å². The fourth-order valence-electron chi connectivity index (χ4n) is 2.99. The van der Waals surface area contributed by atoms with Gasteiger partial charge in [0.25, 0.3) is 11.1 Å². The lowest BCUT2D eigenvalue weighted by Gasteiger charge is -2.27. The minimum atomic E-state index is -0.325. The number of rotatable bonds is 6. The minimum Gasteiger partial charge on any atom is -0.355 e. The first-order valence-electron chi connectivity index (χ1n) is 8.57. The van der Waals surface area contributed by atoms with E-state index in [4.69, 9.17) is 0 Å². The van der Waals surface area contributed by atoms with E-state index in [1.54, 1.807) is 24.3 Å². The normalized spacial score (nSPS) is 14.8. The van der Waals surface area contributed by atoms with Crippen LogP contribution in [0.1, 0.15) is 6.42 Å². The van der Waals surface area contributed by atoms with Gasteiger partial charge in [-0.05, 0) is 12.1 Å². The lowest BCUT2D eigenvalue weighted by molar-refractivity contribution is -0.121. The van der Waals surface area contributed by atoms with E-state index in [-0.39, 0.29) is 42.4 Å². The van der Waals surface area contributed by atoms with Gasteiger partial charge in [-0.3, -0.25) is 24.4 Å². The zero-order chi connectivity index (χ0) is 17.6. The molecule has 1 aliphatic rings. The van der Waals surface area contributed by atoms with E-state index >= 15 is 0 Å². The van der Waals surface area contributed by atoms with Gasteiger partial charge in [-0.25, -0.2) is 4.68 Å². The summed E-state index contributed by atoms with van der Waals surface area (Å²) in [6, 6.07) is 6.67. The van der Waals surface area contributed by atoms with Crippen molar-refractivity contribution in [3.8, 4) is 0 Å². The van der Waals surface area contributed by atoms with Crippen LogP contribution < -0.4 is 21.8 Å². The number of hydrogen-bond acceptors (Lipinski definition) is 5. The third kappa shape index (κ3) is 4.94. The number of aromatic nitrogens is 2. The van der Waals surface area contributed by atoms with Gasteiger partial charge >= 0.3 is 0 Å². The van der Waals surface area contributed by atoms with Crippen molar-refractivity contribution in [3.05, 3.63) is 45.0 Å². The molecule has 26 heavy (non-hydrogen) atoms. The first-order valence-corrected chi connectivity index (χ1v) is 8.57. The van der Waals surface area contributed by atoms with E-state index in [9.17, 15) is 14.4 Å². The third-order valence-electron chi connectivity index (χ3n) is 4.41. The maximum absolute atomic E-state index is 12.4. The molecule has 0 radical (unpaired) electrons. The van der Waals surface area contributed by atoms with Crippen molar-refractivity contribution < 1.29 is 4.79 Å². The molecule has 1 saturated heterocycles. The van der Waals surface area contributed by atoms with Crippen molar-refractivity contribution in [1.82, 2.24) is 25.3 Å². The van der Waals surface area contributed by atoms with E-state index in [1.807, 2.05) is 0 Å². The summed E-state index contributed by atoms with van der Waals surface area (Å²) in [5, 5.41) is 9.41. The summed E-state index contributed by atoms with van der Waals surface area (Å²) in [5.41, 5.74) is -0.613. The Morgan fingerprint density at radius 1 is 1.08 bits per heavy atom. The molecule has 1 aromatic carbocycles. The summed E-state index contributed by atoms with van der Waals surface area (Å²) >= 11 is 0. The van der Waals surface area contributed by atoms with E-state index < -0.39 is 0 Å². The van der Waals surface area contributed by atoms with Crippen LogP contribution in [0.3, 0.4) is 0 Å². The molecule has 0 bridgehead atoms. The third-order valence-corrected chi connectivity index (χ3v) is 4.41. The second-order valence-electron chi connectivity index (χ2n) is 6.13. The second-order valence-corrected chi connectivity index (χ2v) is 6.13. The number of carbonyl (C=O) groups is 1. The van der Waals surface area contributed by atoms with Crippen molar-refractivity contribution in [1.29, 1.82) is 0 Å². The maximum Gasteiger partial charge on any atom is 0.273 e. The monoisotopic (exact) mass is 381 g/mol. The average molecular weight is 382 g/mol. The van der Waals surface area contributed by atoms with Gasteiger partial charge in [-0.2, -0.15) is 0 Å². The molecule has 9 heteroatoms. The Balaban J connectivity index is 0.00000243. The van der Waals surface area contributed by atoms with E-state index in [1.165, 1.54) is 4.68 Å². The van der Waals surface area contributed by atoms with E-state index in [0.717, 1.165) is 32.7 Å². The van der Waals surface area contributed by atoms with Crippen LogP contribution in [-0.2, 0) is 11.3 Å². The van der Waals surface area contributed by atoms with Crippen molar-refractivity contribution in [2.24, 2.45) is 0 Å². The fraction of sp³-hybridized carbons (Fsp3) is 0.471. The molecule has 1 aromatic heterocycles. The predicted octanol–water partition coefficient (Wildman–Crippen LogP) is -0.477. The van der Waals surface area contributed by atoms with E-state index in [0.29, 0.717) is 17.3 Å². The zero-order valence-electron chi connectivity index (χ0n) is 14.5.